The monoisotopic (exact) mass is 477 g/mol. The summed E-state index contributed by atoms with van der Waals surface area (Å²) in [4.78, 5) is 0. The number of aromatic nitrogens is 2. The summed E-state index contributed by atoms with van der Waals surface area (Å²) in [5.74, 6) is -0.598. The molecule has 0 radical (unpaired) electrons. The van der Waals surface area contributed by atoms with Crippen LogP contribution in [0.5, 0.6) is 0 Å². The molecule has 1 heterocycles. The fraction of sp³-hybridized carbons (Fsp3) is 0.423. The zero-order valence-corrected chi connectivity index (χ0v) is 21.0. The quantitative estimate of drug-likeness (QED) is 0.260. The van der Waals surface area contributed by atoms with Crippen molar-refractivity contribution in [1.29, 1.82) is 0 Å². The van der Waals surface area contributed by atoms with Crippen LogP contribution in [0.4, 0.5) is 4.39 Å². The van der Waals surface area contributed by atoms with Crippen LogP contribution in [0.2, 0.25) is 10.0 Å². The molecule has 0 saturated carbocycles. The Hall–Kier alpha value is -2.04. The van der Waals surface area contributed by atoms with E-state index in [1.165, 1.54) is 12.1 Å². The van der Waals surface area contributed by atoms with Gasteiger partial charge in [-0.1, -0.05) is 69.5 Å². The van der Waals surface area contributed by atoms with Gasteiger partial charge in [-0.3, -0.25) is 4.68 Å². The van der Waals surface area contributed by atoms with Gasteiger partial charge < -0.3 is 5.73 Å². The Morgan fingerprint density at radius 1 is 1.25 bits per heavy atom. The lowest BCUT2D eigenvalue weighted by atomic mass is 9.91. The molecule has 0 aliphatic rings. The van der Waals surface area contributed by atoms with Crippen LogP contribution in [0.15, 0.2) is 54.5 Å². The summed E-state index contributed by atoms with van der Waals surface area (Å²) in [6.07, 6.45) is 12.8. The van der Waals surface area contributed by atoms with Gasteiger partial charge in [0.05, 0.1) is 17.3 Å². The third kappa shape index (κ3) is 6.49. The number of hydrogen-bond donors (Lipinski definition) is 1. The first-order valence-corrected chi connectivity index (χ1v) is 12.0. The second kappa shape index (κ2) is 12.3. The van der Waals surface area contributed by atoms with Crippen molar-refractivity contribution in [1.82, 2.24) is 9.78 Å². The predicted octanol–water partition coefficient (Wildman–Crippen LogP) is 8.47. The Kier molecular flexibility index (Phi) is 10.0. The highest BCUT2D eigenvalue weighted by atomic mass is 35.5. The Morgan fingerprint density at radius 2 is 1.91 bits per heavy atom. The van der Waals surface area contributed by atoms with E-state index in [9.17, 15) is 4.39 Å². The van der Waals surface area contributed by atoms with Gasteiger partial charge in [0.25, 0.3) is 0 Å². The molecule has 1 unspecified atom stereocenters. The molecule has 1 atom stereocenters. The highest BCUT2D eigenvalue weighted by Crippen LogP contribution is 2.37. The third-order valence-electron chi connectivity index (χ3n) is 5.71. The van der Waals surface area contributed by atoms with E-state index in [2.05, 4.69) is 36.4 Å². The van der Waals surface area contributed by atoms with Crippen LogP contribution in [0, 0.1) is 5.82 Å². The van der Waals surface area contributed by atoms with Crippen molar-refractivity contribution < 1.29 is 4.39 Å². The second-order valence-corrected chi connectivity index (χ2v) is 9.10. The first kappa shape index (κ1) is 26.2. The van der Waals surface area contributed by atoms with Gasteiger partial charge in [-0.15, -0.1) is 0 Å². The molecule has 1 aromatic carbocycles. The minimum absolute atomic E-state index is 0.0612. The summed E-state index contributed by atoms with van der Waals surface area (Å²) in [6.45, 7) is 12.2. The van der Waals surface area contributed by atoms with E-state index in [1.807, 2.05) is 32.2 Å². The summed E-state index contributed by atoms with van der Waals surface area (Å²) in [6, 6.07) is 3.22. The Morgan fingerprint density at radius 3 is 2.47 bits per heavy atom. The van der Waals surface area contributed by atoms with Gasteiger partial charge in [0.2, 0.25) is 0 Å². The Balaban J connectivity index is 2.35. The fourth-order valence-corrected chi connectivity index (χ4v) is 4.71. The zero-order chi connectivity index (χ0) is 23.8. The number of hydrogen-bond acceptors (Lipinski definition) is 2. The number of halogens is 3. The largest absolute Gasteiger partial charge is 0.402 e. The normalized spacial score (nSPS) is 13.9. The molecule has 2 aromatic rings. The zero-order valence-electron chi connectivity index (χ0n) is 19.5. The number of nitrogens with zero attached hydrogens (tertiary/aromatic N) is 2. The molecule has 0 amide bonds. The Labute approximate surface area is 201 Å². The van der Waals surface area contributed by atoms with Gasteiger partial charge in [-0.05, 0) is 67.0 Å². The van der Waals surface area contributed by atoms with E-state index >= 15 is 0 Å². The van der Waals surface area contributed by atoms with Crippen LogP contribution in [0.25, 0.3) is 5.57 Å². The number of benzene rings is 1. The van der Waals surface area contributed by atoms with Crippen molar-refractivity contribution in [2.75, 3.05) is 0 Å². The number of nitrogens with two attached hydrogens (primary N) is 1. The van der Waals surface area contributed by atoms with Crippen molar-refractivity contribution in [3.05, 3.63) is 81.5 Å². The summed E-state index contributed by atoms with van der Waals surface area (Å²) in [7, 11) is 0. The minimum Gasteiger partial charge on any atom is -0.402 e. The van der Waals surface area contributed by atoms with E-state index in [1.54, 1.807) is 0 Å². The molecule has 0 saturated heterocycles. The molecule has 174 valence electrons. The molecule has 0 aliphatic heterocycles. The summed E-state index contributed by atoms with van der Waals surface area (Å²) < 4.78 is 16.1. The summed E-state index contributed by atoms with van der Waals surface area (Å²) in [5.41, 5.74) is 10.4. The number of allylic oxidation sites excluding steroid dienone is 5. The first-order valence-electron chi connectivity index (χ1n) is 11.2. The lowest BCUT2D eigenvalue weighted by molar-refractivity contribution is 0.391. The van der Waals surface area contributed by atoms with Crippen LogP contribution in [0.3, 0.4) is 0 Å². The highest BCUT2D eigenvalue weighted by Gasteiger charge is 2.19. The molecule has 1 aromatic heterocycles. The molecule has 3 nitrogen and oxygen atoms in total. The van der Waals surface area contributed by atoms with Crippen molar-refractivity contribution in [2.24, 2.45) is 5.73 Å². The maximum Gasteiger partial charge on any atom is 0.142 e. The molecule has 0 aliphatic carbocycles. The van der Waals surface area contributed by atoms with Crippen molar-refractivity contribution in [2.45, 2.75) is 71.8 Å². The minimum atomic E-state index is -0.476. The van der Waals surface area contributed by atoms with Crippen molar-refractivity contribution in [3.63, 3.8) is 0 Å². The van der Waals surface area contributed by atoms with Gasteiger partial charge in [0, 0.05) is 22.5 Å². The van der Waals surface area contributed by atoms with E-state index in [0.717, 1.165) is 42.4 Å². The standard InChI is InChI=1S/C26H34Cl2FN3/c1-6-9-22(10-7-2)32-16-21(15-31-32)19(8-3)14-20(18(5)30)13-17(4)25-23(27)11-12-24(29)26(25)28/h8,11-12,14-17,22H,3,6-7,9-10,13,30H2,1-2,4-5H3/b19-14+,20-18+. The third-order valence-corrected chi connectivity index (χ3v) is 6.42. The maximum atomic E-state index is 14.0. The molecule has 0 bridgehead atoms. The van der Waals surface area contributed by atoms with Crippen LogP contribution >= 0.6 is 23.2 Å². The average Bonchev–Trinajstić information content (AvgIpc) is 3.23. The van der Waals surface area contributed by atoms with Crippen LogP contribution in [-0.2, 0) is 0 Å². The summed E-state index contributed by atoms with van der Waals surface area (Å²) in [5, 5.41) is 5.13. The van der Waals surface area contributed by atoms with Crippen molar-refractivity contribution in [3.8, 4) is 0 Å². The summed E-state index contributed by atoms with van der Waals surface area (Å²) >= 11 is 12.6. The molecule has 2 rings (SSSR count). The average molecular weight is 478 g/mol. The molecule has 0 fully saturated rings. The predicted molar refractivity (Wildman–Crippen MR) is 136 cm³/mol. The first-order chi connectivity index (χ1) is 15.2. The van der Waals surface area contributed by atoms with E-state index in [4.69, 9.17) is 28.9 Å². The molecular weight excluding hydrogens is 444 g/mol. The van der Waals surface area contributed by atoms with E-state index in [0.29, 0.717) is 28.7 Å². The van der Waals surface area contributed by atoms with Crippen LogP contribution in [-0.4, -0.2) is 9.78 Å². The van der Waals surface area contributed by atoms with Gasteiger partial charge in [0.15, 0.2) is 0 Å². The second-order valence-electron chi connectivity index (χ2n) is 8.31. The molecule has 2 N–H and O–H groups in total. The fourth-order valence-electron chi connectivity index (χ4n) is 3.97. The number of rotatable bonds is 11. The molecule has 0 spiro atoms. The maximum absolute atomic E-state index is 14.0. The molecule has 6 heteroatoms. The van der Waals surface area contributed by atoms with Crippen LogP contribution < -0.4 is 5.73 Å². The van der Waals surface area contributed by atoms with Gasteiger partial charge >= 0.3 is 0 Å². The van der Waals surface area contributed by atoms with Crippen molar-refractivity contribution >= 4 is 28.8 Å². The lowest BCUT2D eigenvalue weighted by Gasteiger charge is -2.18. The Bertz CT molecular complexity index is 981. The molecular formula is C26H34Cl2FN3. The topological polar surface area (TPSA) is 43.8 Å². The smallest absolute Gasteiger partial charge is 0.142 e. The highest BCUT2D eigenvalue weighted by molar-refractivity contribution is 6.36. The van der Waals surface area contributed by atoms with Gasteiger partial charge in [0.1, 0.15) is 5.82 Å². The SMILES string of the molecule is C=C/C(=C\C(CC(C)c1c(Cl)ccc(F)c1Cl)=C(/C)N)c1cnn(C(CCC)CCC)c1. The molecule has 32 heavy (non-hydrogen) atoms. The van der Waals surface area contributed by atoms with Gasteiger partial charge in [-0.2, -0.15) is 5.10 Å². The lowest BCUT2D eigenvalue weighted by Crippen LogP contribution is -2.09. The van der Waals surface area contributed by atoms with Gasteiger partial charge in [-0.25, -0.2) is 4.39 Å². The van der Waals surface area contributed by atoms with E-state index in [-0.39, 0.29) is 10.9 Å². The van der Waals surface area contributed by atoms with Crippen LogP contribution in [0.1, 0.15) is 82.9 Å². The van der Waals surface area contributed by atoms with E-state index < -0.39 is 5.82 Å².